The lowest BCUT2D eigenvalue weighted by Gasteiger charge is -2.24. The van der Waals surface area contributed by atoms with Crippen LogP contribution in [0.4, 0.5) is 0 Å². The van der Waals surface area contributed by atoms with E-state index in [4.69, 9.17) is 11.5 Å². The summed E-state index contributed by atoms with van der Waals surface area (Å²) in [5.41, 5.74) is -1.01. The zero-order valence-electron chi connectivity index (χ0n) is 15.8. The van der Waals surface area contributed by atoms with Gasteiger partial charge in [-0.2, -0.15) is 0 Å². The van der Waals surface area contributed by atoms with Crippen LogP contribution in [0.2, 0.25) is 0 Å². The van der Waals surface area contributed by atoms with Gasteiger partial charge >= 0.3 is 5.97 Å². The van der Waals surface area contributed by atoms with E-state index >= 15 is 0 Å². The van der Waals surface area contributed by atoms with E-state index in [0.717, 1.165) is 51.0 Å². The Morgan fingerprint density at radius 1 is 1.31 bits per heavy atom. The number of ketones is 1. The summed E-state index contributed by atoms with van der Waals surface area (Å²) < 4.78 is 0. The SMILES string of the molecule is C#CC(O)(CCCC)CCC[C@H]1CCC(=O)[C@@H]1CCC=CC=CC(=O)O. The van der Waals surface area contributed by atoms with Gasteiger partial charge in [0.05, 0.1) is 0 Å². The maximum absolute atomic E-state index is 12.2. The largest absolute Gasteiger partial charge is 0.478 e. The van der Waals surface area contributed by atoms with Crippen molar-refractivity contribution in [2.75, 3.05) is 0 Å². The van der Waals surface area contributed by atoms with Gasteiger partial charge in [0.25, 0.3) is 0 Å². The molecule has 26 heavy (non-hydrogen) atoms. The van der Waals surface area contributed by atoms with Crippen molar-refractivity contribution in [1.82, 2.24) is 0 Å². The van der Waals surface area contributed by atoms with E-state index in [1.807, 2.05) is 6.08 Å². The molecule has 1 aliphatic rings. The second-order valence-electron chi connectivity index (χ2n) is 7.25. The molecule has 0 radical (unpaired) electrons. The number of hydrogen-bond acceptors (Lipinski definition) is 3. The van der Waals surface area contributed by atoms with Crippen molar-refractivity contribution < 1.29 is 19.8 Å². The van der Waals surface area contributed by atoms with Crippen LogP contribution < -0.4 is 0 Å². The van der Waals surface area contributed by atoms with E-state index in [9.17, 15) is 14.7 Å². The van der Waals surface area contributed by atoms with Crippen LogP contribution in [0.15, 0.2) is 24.3 Å². The average Bonchev–Trinajstić information content (AvgIpc) is 2.96. The summed E-state index contributed by atoms with van der Waals surface area (Å²) in [6, 6.07) is 0. The zero-order valence-corrected chi connectivity index (χ0v) is 15.8. The van der Waals surface area contributed by atoms with Crippen LogP contribution in [0.25, 0.3) is 0 Å². The van der Waals surface area contributed by atoms with Crippen LogP contribution in [0, 0.1) is 24.2 Å². The summed E-state index contributed by atoms with van der Waals surface area (Å²) in [6.07, 6.45) is 19.8. The molecule has 0 saturated heterocycles. The lowest BCUT2D eigenvalue weighted by molar-refractivity contribution is -0.131. The standard InChI is InChI=1S/C22H32O4/c1-3-5-16-22(26,4-2)17-10-11-18-14-15-20(23)19(18)12-8-6-7-9-13-21(24)25/h2,6-7,9,13,18-19,26H,3,5,8,10-12,14-17H2,1H3,(H,24,25)/t18-,19+,22?/m0/s1. The number of unbranched alkanes of at least 4 members (excludes halogenated alkanes) is 1. The second kappa shape index (κ2) is 11.7. The van der Waals surface area contributed by atoms with Gasteiger partial charge in [-0.1, -0.05) is 37.5 Å². The highest BCUT2D eigenvalue weighted by molar-refractivity contribution is 5.83. The van der Waals surface area contributed by atoms with E-state index in [1.165, 1.54) is 6.08 Å². The molecule has 1 saturated carbocycles. The molecule has 0 bridgehead atoms. The number of rotatable bonds is 12. The van der Waals surface area contributed by atoms with Crippen LogP contribution in [0.1, 0.15) is 71.1 Å². The van der Waals surface area contributed by atoms with Gasteiger partial charge in [0.1, 0.15) is 11.4 Å². The van der Waals surface area contributed by atoms with E-state index in [0.29, 0.717) is 31.0 Å². The van der Waals surface area contributed by atoms with Crippen LogP contribution in [-0.4, -0.2) is 27.6 Å². The molecule has 0 amide bonds. The number of hydrogen-bond donors (Lipinski definition) is 2. The Kier molecular flexibility index (Phi) is 9.98. The van der Waals surface area contributed by atoms with E-state index in [1.54, 1.807) is 6.08 Å². The number of aliphatic hydroxyl groups is 1. The molecule has 1 aliphatic carbocycles. The number of aliphatic carboxylic acids is 1. The Hall–Kier alpha value is -1.86. The first-order valence-electron chi connectivity index (χ1n) is 9.71. The first-order valence-corrected chi connectivity index (χ1v) is 9.71. The molecule has 2 N–H and O–H groups in total. The number of terminal acetylenes is 1. The molecule has 4 heteroatoms. The Bertz CT molecular complexity index is 555. The molecule has 0 aromatic carbocycles. The molecule has 3 atom stereocenters. The highest BCUT2D eigenvalue weighted by Gasteiger charge is 2.34. The minimum Gasteiger partial charge on any atom is -0.478 e. The van der Waals surface area contributed by atoms with Gasteiger partial charge in [-0.15, -0.1) is 6.42 Å². The van der Waals surface area contributed by atoms with Gasteiger partial charge in [0.2, 0.25) is 0 Å². The monoisotopic (exact) mass is 360 g/mol. The van der Waals surface area contributed by atoms with Crippen LogP contribution in [0.5, 0.6) is 0 Å². The molecule has 0 aromatic heterocycles. The summed E-state index contributed by atoms with van der Waals surface area (Å²) in [4.78, 5) is 22.5. The Labute approximate surface area is 157 Å². The molecule has 1 rings (SSSR count). The molecule has 4 nitrogen and oxygen atoms in total. The Balaban J connectivity index is 2.42. The number of carbonyl (C=O) groups excluding carboxylic acids is 1. The van der Waals surface area contributed by atoms with E-state index < -0.39 is 11.6 Å². The lowest BCUT2D eigenvalue weighted by Crippen LogP contribution is -2.26. The third-order valence-electron chi connectivity index (χ3n) is 5.25. The molecule has 1 fully saturated rings. The van der Waals surface area contributed by atoms with Crippen molar-refractivity contribution >= 4 is 11.8 Å². The third kappa shape index (κ3) is 8.01. The number of carbonyl (C=O) groups is 2. The van der Waals surface area contributed by atoms with E-state index in [-0.39, 0.29) is 5.92 Å². The number of allylic oxidation sites excluding steroid dienone is 3. The number of carboxylic acids is 1. The molecular formula is C22H32O4. The molecule has 0 aromatic rings. The summed E-state index contributed by atoms with van der Waals surface area (Å²) in [7, 11) is 0. The smallest absolute Gasteiger partial charge is 0.328 e. The minimum atomic E-state index is -1.01. The fourth-order valence-electron chi connectivity index (χ4n) is 3.70. The van der Waals surface area contributed by atoms with Crippen LogP contribution in [-0.2, 0) is 9.59 Å². The number of carboxylic acid groups (broad SMARTS) is 1. The second-order valence-corrected chi connectivity index (χ2v) is 7.25. The summed E-state index contributed by atoms with van der Waals surface area (Å²) >= 11 is 0. The van der Waals surface area contributed by atoms with Crippen LogP contribution >= 0.6 is 0 Å². The molecule has 0 aliphatic heterocycles. The van der Waals surface area contributed by atoms with E-state index in [2.05, 4.69) is 12.8 Å². The highest BCUT2D eigenvalue weighted by atomic mass is 16.4. The summed E-state index contributed by atoms with van der Waals surface area (Å²) in [5, 5.41) is 19.0. The normalized spacial score (nSPS) is 22.7. The van der Waals surface area contributed by atoms with Gasteiger partial charge in [-0.05, 0) is 57.3 Å². The fourth-order valence-corrected chi connectivity index (χ4v) is 3.70. The minimum absolute atomic E-state index is 0.0812. The topological polar surface area (TPSA) is 74.6 Å². The van der Waals surface area contributed by atoms with Gasteiger partial charge < -0.3 is 10.2 Å². The number of Topliss-reactive ketones (excluding diaryl/α,β-unsaturated/α-hetero) is 1. The van der Waals surface area contributed by atoms with Crippen molar-refractivity contribution in [1.29, 1.82) is 0 Å². The van der Waals surface area contributed by atoms with Gasteiger partial charge in [-0.3, -0.25) is 4.79 Å². The van der Waals surface area contributed by atoms with Crippen molar-refractivity contribution in [3.8, 4) is 12.3 Å². The first kappa shape index (κ1) is 22.2. The predicted molar refractivity (Wildman–Crippen MR) is 104 cm³/mol. The zero-order chi connectivity index (χ0) is 19.4. The van der Waals surface area contributed by atoms with Crippen molar-refractivity contribution in [2.24, 2.45) is 11.8 Å². The van der Waals surface area contributed by atoms with Crippen molar-refractivity contribution in [3.63, 3.8) is 0 Å². The quantitative estimate of drug-likeness (QED) is 0.309. The molecule has 1 unspecified atom stereocenters. The summed E-state index contributed by atoms with van der Waals surface area (Å²) in [5.74, 6) is 2.38. The first-order chi connectivity index (χ1) is 12.4. The maximum atomic E-state index is 12.2. The highest BCUT2D eigenvalue weighted by Crippen LogP contribution is 2.36. The lowest BCUT2D eigenvalue weighted by atomic mass is 9.84. The van der Waals surface area contributed by atoms with Gasteiger partial charge in [-0.25, -0.2) is 4.79 Å². The Morgan fingerprint density at radius 2 is 2.04 bits per heavy atom. The predicted octanol–water partition coefficient (Wildman–Crippen LogP) is 4.28. The van der Waals surface area contributed by atoms with Crippen LogP contribution in [0.3, 0.4) is 0 Å². The molecule has 0 heterocycles. The van der Waals surface area contributed by atoms with Gasteiger partial charge in [0.15, 0.2) is 0 Å². The molecule has 144 valence electrons. The van der Waals surface area contributed by atoms with Crippen molar-refractivity contribution in [3.05, 3.63) is 24.3 Å². The van der Waals surface area contributed by atoms with Crippen molar-refractivity contribution in [2.45, 2.75) is 76.7 Å². The fraction of sp³-hybridized carbons (Fsp3) is 0.636. The van der Waals surface area contributed by atoms with Gasteiger partial charge in [0, 0.05) is 18.4 Å². The molecule has 0 spiro atoms. The third-order valence-corrected chi connectivity index (χ3v) is 5.25. The average molecular weight is 360 g/mol. The molecular weight excluding hydrogens is 328 g/mol. The summed E-state index contributed by atoms with van der Waals surface area (Å²) in [6.45, 7) is 2.08. The maximum Gasteiger partial charge on any atom is 0.328 e. The Morgan fingerprint density at radius 3 is 2.69 bits per heavy atom.